The van der Waals surface area contributed by atoms with E-state index >= 15 is 0 Å². The second kappa shape index (κ2) is 15.3. The predicted octanol–water partition coefficient (Wildman–Crippen LogP) is 5.68. The van der Waals surface area contributed by atoms with E-state index in [9.17, 15) is 55.2 Å². The summed E-state index contributed by atoms with van der Waals surface area (Å²) < 4.78 is 57.0. The first kappa shape index (κ1) is 43.6. The fourth-order valence-electron chi connectivity index (χ4n) is 9.06. The lowest BCUT2D eigenvalue weighted by Gasteiger charge is -2.15. The summed E-state index contributed by atoms with van der Waals surface area (Å²) in [5.41, 5.74) is -1.44. The van der Waals surface area contributed by atoms with Crippen LogP contribution in [0.1, 0.15) is 47.0 Å². The molecule has 4 heterocycles. The number of carbonyl (C=O) groups is 4. The van der Waals surface area contributed by atoms with E-state index in [1.54, 1.807) is 31.2 Å². The summed E-state index contributed by atoms with van der Waals surface area (Å²) in [5, 5.41) is -0.336. The maximum Gasteiger partial charge on any atom is 0.266 e. The zero-order chi connectivity index (χ0) is 49.3. The quantitative estimate of drug-likeness (QED) is 0.168. The Labute approximate surface area is 394 Å². The van der Waals surface area contributed by atoms with Gasteiger partial charge >= 0.3 is 0 Å². The molecule has 2 aliphatic rings. The normalized spacial score (nSPS) is 13.8. The van der Waals surface area contributed by atoms with E-state index in [0.29, 0.717) is 11.1 Å². The molecule has 0 saturated heterocycles. The van der Waals surface area contributed by atoms with E-state index in [4.69, 9.17) is 0 Å². The van der Waals surface area contributed by atoms with Crippen molar-refractivity contribution in [2.24, 2.45) is 7.05 Å². The molecule has 0 unspecified atom stereocenters. The first-order chi connectivity index (χ1) is 33.4. The average molecular weight is 967 g/mol. The summed E-state index contributed by atoms with van der Waals surface area (Å²) >= 11 is 0. The number of aryl methyl sites for hydroxylation is 1. The summed E-state index contributed by atoms with van der Waals surface area (Å²) in [5.74, 6) is -2.89. The second-order valence-corrected chi connectivity index (χ2v) is 20.7. The second-order valence-electron chi connectivity index (χ2n) is 16.8. The third kappa shape index (κ3) is 6.34. The number of carbonyl (C=O) groups excluding carboxylic acids is 4. The van der Waals surface area contributed by atoms with E-state index < -0.39 is 65.5 Å². The largest absolute Gasteiger partial charge is 0.277 e. The van der Waals surface area contributed by atoms with Crippen molar-refractivity contribution >= 4 is 76.2 Å². The van der Waals surface area contributed by atoms with Gasteiger partial charge in [-0.05, 0) is 127 Å². The van der Waals surface area contributed by atoms with Crippen molar-refractivity contribution in [1.82, 2.24) is 9.13 Å². The van der Waals surface area contributed by atoms with Gasteiger partial charge in [0, 0.05) is 7.05 Å². The zero-order valence-electron chi connectivity index (χ0n) is 36.4. The number of amides is 4. The van der Waals surface area contributed by atoms with Crippen LogP contribution in [0.5, 0.6) is 0 Å². The van der Waals surface area contributed by atoms with Gasteiger partial charge in [0.2, 0.25) is 19.7 Å². The van der Waals surface area contributed by atoms with Crippen molar-refractivity contribution < 1.29 is 36.0 Å². The van der Waals surface area contributed by atoms with Crippen LogP contribution in [0.25, 0.3) is 38.4 Å². The van der Waals surface area contributed by atoms with E-state index in [1.165, 1.54) is 116 Å². The number of benzene rings is 7. The predicted molar refractivity (Wildman–Crippen MR) is 256 cm³/mol. The number of nitrogens with zero attached hydrogens (tertiary/aromatic N) is 4. The lowest BCUT2D eigenvalue weighted by molar-refractivity contribution is 0.0910. The van der Waals surface area contributed by atoms with Crippen LogP contribution in [0.3, 0.4) is 0 Å². The van der Waals surface area contributed by atoms with Crippen LogP contribution >= 0.6 is 0 Å². The fraction of sp³-hybridized carbons (Fsp3) is 0.0385. The Kier molecular flexibility index (Phi) is 9.50. The molecule has 7 aromatic carbocycles. The highest BCUT2D eigenvalue weighted by Crippen LogP contribution is 2.37. The molecule has 9 aromatic rings. The molecule has 0 atom stereocenters. The van der Waals surface area contributed by atoms with Crippen LogP contribution < -0.4 is 32.0 Å². The number of aromatic nitrogens is 2. The van der Waals surface area contributed by atoms with Crippen LogP contribution in [-0.2, 0) is 26.7 Å². The highest BCUT2D eigenvalue weighted by molar-refractivity contribution is 7.91. The summed E-state index contributed by atoms with van der Waals surface area (Å²) in [6.45, 7) is 1.76. The summed E-state index contributed by atoms with van der Waals surface area (Å²) in [6, 6.07) is 33.3. The molecule has 0 spiro atoms. The van der Waals surface area contributed by atoms with Crippen molar-refractivity contribution in [3.8, 4) is 16.8 Å². The Morgan fingerprint density at radius 1 is 0.357 bits per heavy atom. The summed E-state index contributed by atoms with van der Waals surface area (Å²) in [6.07, 6.45) is 0. The maximum atomic E-state index is 14.2. The lowest BCUT2D eigenvalue weighted by Crippen LogP contribution is -2.29. The molecule has 0 N–H and O–H groups in total. The van der Waals surface area contributed by atoms with Crippen molar-refractivity contribution in [3.05, 3.63) is 215 Å². The number of hydrogen-bond acceptors (Lipinski definition) is 12. The Morgan fingerprint density at radius 3 is 1.14 bits per heavy atom. The molecule has 0 radical (unpaired) electrons. The van der Waals surface area contributed by atoms with E-state index in [0.717, 1.165) is 36.6 Å². The molecule has 2 aromatic heterocycles. The molecule has 11 rings (SSSR count). The Balaban J connectivity index is 0.868. The lowest BCUT2D eigenvalue weighted by atomic mass is 9.97. The van der Waals surface area contributed by atoms with Crippen LogP contribution in [0.2, 0.25) is 0 Å². The van der Waals surface area contributed by atoms with Gasteiger partial charge in [0.25, 0.3) is 45.9 Å². The summed E-state index contributed by atoms with van der Waals surface area (Å²) in [7, 11) is -7.17. The number of hydrogen-bond donors (Lipinski definition) is 0. The molecule has 4 amide bonds. The monoisotopic (exact) mass is 966 g/mol. The highest BCUT2D eigenvalue weighted by atomic mass is 32.2. The summed E-state index contributed by atoms with van der Waals surface area (Å²) in [4.78, 5) is 109. The van der Waals surface area contributed by atoms with Gasteiger partial charge in [-0.2, -0.15) is 0 Å². The smallest absolute Gasteiger partial charge is 0.266 e. The fourth-order valence-corrected chi connectivity index (χ4v) is 11.8. The Hall–Kier alpha value is -9.00. The standard InChI is InChI=1S/C52H30N4O12S2/c1-27-7-3-11-33(19-27)69(65,66)34-12-4-8-30(22-34)54-47(59)37-17-15-28(20-39(37)49(54)61)29-16-18-38-40(21-29)50(62)55(48(38)60)31-9-5-13-35(23-31)70(67,68)36-14-6-10-32(24-36)56-51(63)43-25-41-42(26-44(43)52(56)64)46(58)53(2)45(41)57/h3-26H,1-2H3. The van der Waals surface area contributed by atoms with E-state index in [-0.39, 0.29) is 80.4 Å². The SMILES string of the molecule is Cc1cccc(S(=O)(=O)c2cccc(N3C(=O)c4ccc(-c5ccc6c(c5)C(=O)N(c5cccc(S(=O)(=O)c7cccc(-n8c(=O)c9cc%10c(=O)n(C)c(=O)c%10cc9c8=O)c7)c5)C6=O)cc4C3=O)c2)c1. The van der Waals surface area contributed by atoms with Crippen LogP contribution in [0.15, 0.2) is 184 Å². The molecule has 0 bridgehead atoms. The molecular formula is C52H30N4O12S2. The molecular weight excluding hydrogens is 937 g/mol. The highest BCUT2D eigenvalue weighted by Gasteiger charge is 2.40. The van der Waals surface area contributed by atoms with Crippen molar-refractivity contribution in [2.75, 3.05) is 9.80 Å². The molecule has 18 heteroatoms. The van der Waals surface area contributed by atoms with Gasteiger partial charge in [-0.15, -0.1) is 0 Å². The van der Waals surface area contributed by atoms with Gasteiger partial charge in [0.15, 0.2) is 0 Å². The van der Waals surface area contributed by atoms with Gasteiger partial charge in [-0.1, -0.05) is 42.5 Å². The molecule has 342 valence electrons. The van der Waals surface area contributed by atoms with Gasteiger partial charge < -0.3 is 0 Å². The Bertz CT molecular complexity index is 4310. The van der Waals surface area contributed by atoms with Crippen molar-refractivity contribution in [1.29, 1.82) is 0 Å². The number of fused-ring (bicyclic) bond motifs is 4. The molecule has 0 aliphatic carbocycles. The van der Waals surface area contributed by atoms with Crippen molar-refractivity contribution in [3.63, 3.8) is 0 Å². The molecule has 70 heavy (non-hydrogen) atoms. The number of rotatable bonds is 8. The third-order valence-corrected chi connectivity index (χ3v) is 16.2. The topological polar surface area (TPSA) is 221 Å². The minimum absolute atomic E-state index is 0.0146. The average Bonchev–Trinajstić information content (AvgIpc) is 3.95. The van der Waals surface area contributed by atoms with Crippen LogP contribution in [-0.4, -0.2) is 49.6 Å². The first-order valence-corrected chi connectivity index (χ1v) is 24.2. The Morgan fingerprint density at radius 2 is 0.714 bits per heavy atom. The maximum absolute atomic E-state index is 14.2. The number of anilines is 2. The van der Waals surface area contributed by atoms with Gasteiger partial charge in [0.05, 0.1) is 80.4 Å². The van der Waals surface area contributed by atoms with E-state index in [1.807, 2.05) is 0 Å². The minimum Gasteiger partial charge on any atom is -0.277 e. The zero-order valence-corrected chi connectivity index (χ0v) is 38.0. The van der Waals surface area contributed by atoms with Crippen LogP contribution in [0.4, 0.5) is 11.4 Å². The number of sulfone groups is 2. The minimum atomic E-state index is -4.45. The first-order valence-electron chi connectivity index (χ1n) is 21.2. The molecule has 0 fully saturated rings. The van der Waals surface area contributed by atoms with Gasteiger partial charge in [-0.25, -0.2) is 31.2 Å². The number of imide groups is 2. The van der Waals surface area contributed by atoms with Crippen molar-refractivity contribution in [2.45, 2.75) is 26.5 Å². The third-order valence-electron chi connectivity index (χ3n) is 12.7. The molecule has 16 nitrogen and oxygen atoms in total. The molecule has 0 saturated carbocycles. The van der Waals surface area contributed by atoms with Crippen LogP contribution in [0, 0.1) is 6.92 Å². The molecule has 2 aliphatic heterocycles. The van der Waals surface area contributed by atoms with E-state index in [2.05, 4.69) is 0 Å². The van der Waals surface area contributed by atoms with Gasteiger partial charge in [-0.3, -0.25) is 42.9 Å². The van der Waals surface area contributed by atoms with Gasteiger partial charge in [0.1, 0.15) is 0 Å².